The van der Waals surface area contributed by atoms with E-state index in [2.05, 4.69) is 40.8 Å². The Bertz CT molecular complexity index is 1640. The van der Waals surface area contributed by atoms with E-state index in [1.54, 1.807) is 48.0 Å². The number of sulfonamides is 1. The van der Waals surface area contributed by atoms with Gasteiger partial charge in [-0.1, -0.05) is 19.9 Å². The van der Waals surface area contributed by atoms with Gasteiger partial charge in [0.1, 0.15) is 5.82 Å². The van der Waals surface area contributed by atoms with Crippen LogP contribution in [-0.4, -0.2) is 88.9 Å². The number of carbonyl (C=O) groups is 1. The Hall–Kier alpha value is -3.39. The van der Waals surface area contributed by atoms with Gasteiger partial charge >= 0.3 is 0 Å². The normalized spacial score (nSPS) is 15.0. The summed E-state index contributed by atoms with van der Waals surface area (Å²) in [5.41, 5.74) is 3.23. The summed E-state index contributed by atoms with van der Waals surface area (Å²) in [6.45, 7) is 12.9. The number of hydrogen-bond donors (Lipinski definition) is 2. The van der Waals surface area contributed by atoms with Crippen LogP contribution in [0.25, 0.3) is 27.5 Å². The number of hydrogen-bond acceptors (Lipinski definition) is 9. The third-order valence-electron chi connectivity index (χ3n) is 7.64. The highest BCUT2D eigenvalue weighted by Crippen LogP contribution is 2.30. The molecule has 224 valence electrons. The second-order valence-electron chi connectivity index (χ2n) is 10.8. The zero-order chi connectivity index (χ0) is 30.0. The van der Waals surface area contributed by atoms with Crippen LogP contribution in [0.4, 0.5) is 5.82 Å². The number of thiophene rings is 1. The Morgan fingerprint density at radius 1 is 1.12 bits per heavy atom. The molecule has 0 saturated carbocycles. The molecular formula is C29H38N8O3S2. The molecule has 1 atom stereocenters. The van der Waals surface area contributed by atoms with Crippen LogP contribution in [0.2, 0.25) is 0 Å². The molecule has 4 aromatic rings. The Morgan fingerprint density at radius 3 is 2.55 bits per heavy atom. The van der Waals surface area contributed by atoms with E-state index >= 15 is 0 Å². The third-order valence-corrected chi connectivity index (χ3v) is 10.4. The van der Waals surface area contributed by atoms with E-state index in [1.165, 1.54) is 0 Å². The number of nitrogens with zero attached hydrogens (tertiary/aromatic N) is 6. The molecule has 1 unspecified atom stereocenters. The molecule has 2 N–H and O–H groups in total. The van der Waals surface area contributed by atoms with E-state index in [0.717, 1.165) is 23.7 Å². The van der Waals surface area contributed by atoms with Gasteiger partial charge in [0.15, 0.2) is 5.65 Å². The van der Waals surface area contributed by atoms with E-state index in [9.17, 15) is 13.2 Å². The van der Waals surface area contributed by atoms with Crippen molar-refractivity contribution in [1.82, 2.24) is 34.5 Å². The summed E-state index contributed by atoms with van der Waals surface area (Å²) in [6, 6.07) is 9.44. The van der Waals surface area contributed by atoms with E-state index in [1.807, 2.05) is 34.7 Å². The Morgan fingerprint density at radius 2 is 1.88 bits per heavy atom. The van der Waals surface area contributed by atoms with Gasteiger partial charge in [0, 0.05) is 37.4 Å². The van der Waals surface area contributed by atoms with Crippen LogP contribution in [0.15, 0.2) is 48.1 Å². The molecule has 0 radical (unpaired) electrons. The quantitative estimate of drug-likeness (QED) is 0.250. The van der Waals surface area contributed by atoms with Gasteiger partial charge in [-0.2, -0.15) is 5.10 Å². The minimum absolute atomic E-state index is 0.189. The highest BCUT2D eigenvalue weighted by molar-refractivity contribution is 7.90. The van der Waals surface area contributed by atoms with Gasteiger partial charge in [-0.25, -0.2) is 27.6 Å². The highest BCUT2D eigenvalue weighted by Gasteiger charge is 2.33. The molecule has 1 saturated heterocycles. The lowest BCUT2D eigenvalue weighted by Crippen LogP contribution is -2.60. The fraction of sp³-hybridized carbons (Fsp3) is 0.448. The average molecular weight is 611 g/mol. The van der Waals surface area contributed by atoms with Gasteiger partial charge in [0.05, 0.1) is 39.3 Å². The van der Waals surface area contributed by atoms with E-state index in [0.29, 0.717) is 47.9 Å². The topological polar surface area (TPSA) is 125 Å². The van der Waals surface area contributed by atoms with Gasteiger partial charge in [-0.3, -0.25) is 9.69 Å². The number of aromatic nitrogens is 4. The second kappa shape index (κ2) is 12.5. The maximum atomic E-state index is 13.4. The summed E-state index contributed by atoms with van der Waals surface area (Å²) in [7, 11) is -3.39. The summed E-state index contributed by atoms with van der Waals surface area (Å²) in [6.07, 6.45) is 3.58. The van der Waals surface area contributed by atoms with Gasteiger partial charge in [-0.05, 0) is 63.5 Å². The maximum Gasteiger partial charge on any atom is 0.251 e. The number of likely N-dealkylation sites (N-methyl/N-ethyl adjacent to an activating group) is 1. The zero-order valence-electron chi connectivity index (χ0n) is 24.6. The van der Waals surface area contributed by atoms with E-state index < -0.39 is 15.3 Å². The number of rotatable bonds is 12. The standard InChI is InChI=1S/C29H38N8O3S2/c1-6-35(7-2)20(5)15-30-29(38)21-13-25(32-27(14-21)36-17-22(18-36)34-42(39,40)19(3)4)23-16-31-37-11-10-24(33-28(23)37)26-9-8-12-41-26/h8-14,16,19-20,22,34H,6-7,15,17-18H2,1-5H3,(H,30,38). The van der Waals surface area contributed by atoms with Crippen molar-refractivity contribution in [2.24, 2.45) is 0 Å². The molecule has 1 aliphatic heterocycles. The van der Waals surface area contributed by atoms with Crippen molar-refractivity contribution < 1.29 is 13.2 Å². The van der Waals surface area contributed by atoms with E-state index in [4.69, 9.17) is 9.97 Å². The van der Waals surface area contributed by atoms with Crippen LogP contribution >= 0.6 is 11.3 Å². The summed E-state index contributed by atoms with van der Waals surface area (Å²) < 4.78 is 29.2. The lowest BCUT2D eigenvalue weighted by atomic mass is 10.1. The van der Waals surface area contributed by atoms with Gasteiger partial charge in [0.2, 0.25) is 10.0 Å². The molecule has 0 bridgehead atoms. The maximum absolute atomic E-state index is 13.4. The third kappa shape index (κ3) is 6.33. The van der Waals surface area contributed by atoms with Crippen molar-refractivity contribution in [3.05, 3.63) is 53.7 Å². The lowest BCUT2D eigenvalue weighted by molar-refractivity contribution is 0.0938. The number of nitrogens with one attached hydrogen (secondary N) is 2. The molecule has 5 rings (SSSR count). The Kier molecular flexibility index (Phi) is 8.92. The zero-order valence-corrected chi connectivity index (χ0v) is 26.2. The fourth-order valence-electron chi connectivity index (χ4n) is 4.99. The SMILES string of the molecule is CCN(CC)C(C)CNC(=O)c1cc(-c2cnn3ccc(-c4cccs4)nc23)nc(N2CC(NS(=O)(=O)C(C)C)C2)c1. The number of carbonyl (C=O) groups excluding carboxylic acids is 1. The van der Waals surface area contributed by atoms with Crippen LogP contribution in [0.3, 0.4) is 0 Å². The summed E-state index contributed by atoms with van der Waals surface area (Å²) >= 11 is 1.61. The van der Waals surface area contributed by atoms with Crippen molar-refractivity contribution in [2.75, 3.05) is 37.6 Å². The van der Waals surface area contributed by atoms with Crippen LogP contribution in [-0.2, 0) is 10.0 Å². The number of fused-ring (bicyclic) bond motifs is 1. The van der Waals surface area contributed by atoms with Gasteiger partial charge in [0.25, 0.3) is 5.91 Å². The van der Waals surface area contributed by atoms with Crippen molar-refractivity contribution in [3.63, 3.8) is 0 Å². The van der Waals surface area contributed by atoms with Crippen molar-refractivity contribution in [1.29, 1.82) is 0 Å². The molecule has 0 aliphatic carbocycles. The molecule has 42 heavy (non-hydrogen) atoms. The van der Waals surface area contributed by atoms with Crippen LogP contribution in [0.1, 0.15) is 45.0 Å². The number of pyridine rings is 1. The Labute approximate surface area is 251 Å². The molecule has 1 amide bonds. The van der Waals surface area contributed by atoms with Crippen molar-refractivity contribution >= 4 is 38.7 Å². The highest BCUT2D eigenvalue weighted by atomic mass is 32.2. The minimum atomic E-state index is -3.39. The molecule has 5 heterocycles. The van der Waals surface area contributed by atoms with Crippen molar-refractivity contribution in [3.8, 4) is 21.8 Å². The lowest BCUT2D eigenvalue weighted by Gasteiger charge is -2.40. The van der Waals surface area contributed by atoms with Crippen LogP contribution in [0, 0.1) is 0 Å². The average Bonchev–Trinajstić information content (AvgIpc) is 3.64. The number of amides is 1. The van der Waals surface area contributed by atoms with Crippen LogP contribution < -0.4 is 14.9 Å². The smallest absolute Gasteiger partial charge is 0.251 e. The van der Waals surface area contributed by atoms with Crippen molar-refractivity contribution in [2.45, 2.75) is 52.0 Å². The van der Waals surface area contributed by atoms with Gasteiger partial charge in [-0.15, -0.1) is 11.3 Å². The predicted octanol–water partition coefficient (Wildman–Crippen LogP) is 3.50. The van der Waals surface area contributed by atoms with Crippen LogP contribution in [0.5, 0.6) is 0 Å². The Balaban J connectivity index is 1.46. The molecule has 13 heteroatoms. The molecule has 11 nitrogen and oxygen atoms in total. The molecule has 0 aromatic carbocycles. The summed E-state index contributed by atoms with van der Waals surface area (Å²) in [5, 5.41) is 9.08. The van der Waals surface area contributed by atoms with E-state index in [-0.39, 0.29) is 18.0 Å². The fourth-order valence-corrected chi connectivity index (χ4v) is 6.57. The minimum Gasteiger partial charge on any atom is -0.353 e. The van der Waals surface area contributed by atoms with Gasteiger partial charge < -0.3 is 10.2 Å². The first-order valence-electron chi connectivity index (χ1n) is 14.3. The molecular weight excluding hydrogens is 573 g/mol. The molecule has 4 aromatic heterocycles. The first-order valence-corrected chi connectivity index (χ1v) is 16.7. The summed E-state index contributed by atoms with van der Waals surface area (Å²) in [4.78, 5) is 28.5. The second-order valence-corrected chi connectivity index (χ2v) is 14.0. The molecule has 1 aliphatic rings. The molecule has 0 spiro atoms. The largest absolute Gasteiger partial charge is 0.353 e. The predicted molar refractivity (Wildman–Crippen MR) is 167 cm³/mol. The first kappa shape index (κ1) is 30.1. The number of anilines is 1. The monoisotopic (exact) mass is 610 g/mol. The first-order chi connectivity index (χ1) is 20.1. The molecule has 1 fully saturated rings. The summed E-state index contributed by atoms with van der Waals surface area (Å²) in [5.74, 6) is 0.406.